The van der Waals surface area contributed by atoms with Crippen LogP contribution in [0.25, 0.3) is 11.3 Å². The van der Waals surface area contributed by atoms with Crippen LogP contribution in [0.15, 0.2) is 52.8 Å². The first-order valence-electron chi connectivity index (χ1n) is 10.3. The number of benzene rings is 2. The molecule has 0 bridgehead atoms. The Bertz CT molecular complexity index is 1140. The summed E-state index contributed by atoms with van der Waals surface area (Å²) in [5, 5.41) is 5.05. The molecule has 0 saturated carbocycles. The number of amides is 1. The molecule has 0 unspecified atom stereocenters. The van der Waals surface area contributed by atoms with E-state index in [1.165, 1.54) is 5.56 Å². The molecule has 1 aliphatic heterocycles. The van der Waals surface area contributed by atoms with Crippen LogP contribution in [0.3, 0.4) is 0 Å². The fourth-order valence-corrected chi connectivity index (χ4v) is 4.55. The minimum absolute atomic E-state index is 0.0659. The van der Waals surface area contributed by atoms with Gasteiger partial charge in [-0.2, -0.15) is 0 Å². The average molecular weight is 422 g/mol. The van der Waals surface area contributed by atoms with Crippen molar-refractivity contribution in [2.45, 2.75) is 40.2 Å². The molecule has 0 spiro atoms. The molecule has 1 aromatic heterocycles. The van der Waals surface area contributed by atoms with Crippen molar-refractivity contribution in [1.82, 2.24) is 4.57 Å². The van der Waals surface area contributed by atoms with E-state index < -0.39 is 0 Å². The zero-order chi connectivity index (χ0) is 21.3. The number of fused-ring (bicyclic) bond motifs is 1. The van der Waals surface area contributed by atoms with Gasteiger partial charge in [0.1, 0.15) is 5.75 Å². The van der Waals surface area contributed by atoms with Crippen LogP contribution in [0.5, 0.6) is 5.75 Å². The number of aromatic nitrogens is 1. The molecule has 2 aromatic carbocycles. The molecule has 30 heavy (non-hydrogen) atoms. The highest BCUT2D eigenvalue weighted by molar-refractivity contribution is 7.07. The number of para-hydroxylation sites is 1. The van der Waals surface area contributed by atoms with Crippen molar-refractivity contribution in [2.24, 2.45) is 10.9 Å². The predicted molar refractivity (Wildman–Crippen MR) is 122 cm³/mol. The second-order valence-electron chi connectivity index (χ2n) is 8.28. The molecule has 1 N–H and O–H groups in total. The minimum atomic E-state index is -0.124. The van der Waals surface area contributed by atoms with Gasteiger partial charge in [-0.15, -0.1) is 11.3 Å². The van der Waals surface area contributed by atoms with Crippen LogP contribution >= 0.6 is 11.3 Å². The van der Waals surface area contributed by atoms with Gasteiger partial charge in [-0.1, -0.05) is 45.9 Å². The molecule has 0 atom stereocenters. The Morgan fingerprint density at radius 2 is 1.97 bits per heavy atom. The Morgan fingerprint density at radius 3 is 2.73 bits per heavy atom. The van der Waals surface area contributed by atoms with E-state index in [0.717, 1.165) is 34.0 Å². The molecule has 0 fully saturated rings. The van der Waals surface area contributed by atoms with Gasteiger partial charge in [-0.05, 0) is 41.7 Å². The quantitative estimate of drug-likeness (QED) is 0.586. The van der Waals surface area contributed by atoms with Crippen molar-refractivity contribution in [1.29, 1.82) is 0 Å². The first kappa shape index (κ1) is 20.4. The SMILES string of the molecule is CC(C)Cn1c(-c2ccc3c(c2)NC(=O)CO3)csc1=Nc1ccccc1C(C)C. The topological polar surface area (TPSA) is 55.6 Å². The molecule has 156 valence electrons. The zero-order valence-electron chi connectivity index (χ0n) is 17.8. The number of hydrogen-bond acceptors (Lipinski definition) is 4. The third kappa shape index (κ3) is 4.19. The molecule has 3 aromatic rings. The van der Waals surface area contributed by atoms with E-state index in [2.05, 4.69) is 61.2 Å². The molecule has 6 heteroatoms. The molecule has 1 aliphatic rings. The summed E-state index contributed by atoms with van der Waals surface area (Å²) in [6.07, 6.45) is 0. The van der Waals surface area contributed by atoms with Crippen LogP contribution < -0.4 is 14.9 Å². The summed E-state index contributed by atoms with van der Waals surface area (Å²) < 4.78 is 7.78. The number of nitrogens with zero attached hydrogens (tertiary/aromatic N) is 2. The number of ether oxygens (including phenoxy) is 1. The predicted octanol–water partition coefficient (Wildman–Crippen LogP) is 5.56. The lowest BCUT2D eigenvalue weighted by Crippen LogP contribution is -2.25. The normalized spacial score (nSPS) is 14.1. The fraction of sp³-hybridized carbons (Fsp3) is 0.333. The van der Waals surface area contributed by atoms with E-state index in [4.69, 9.17) is 9.73 Å². The van der Waals surface area contributed by atoms with E-state index in [0.29, 0.717) is 17.6 Å². The van der Waals surface area contributed by atoms with E-state index in [1.54, 1.807) is 11.3 Å². The highest BCUT2D eigenvalue weighted by atomic mass is 32.1. The maximum absolute atomic E-state index is 11.7. The Labute approximate surface area is 181 Å². The van der Waals surface area contributed by atoms with Crippen LogP contribution in [0, 0.1) is 5.92 Å². The van der Waals surface area contributed by atoms with Crippen molar-refractivity contribution in [3.63, 3.8) is 0 Å². The second-order valence-corrected chi connectivity index (χ2v) is 9.12. The maximum Gasteiger partial charge on any atom is 0.262 e. The van der Waals surface area contributed by atoms with E-state index in [1.807, 2.05) is 24.3 Å². The van der Waals surface area contributed by atoms with Gasteiger partial charge in [0.15, 0.2) is 11.4 Å². The largest absolute Gasteiger partial charge is 0.482 e. The smallest absolute Gasteiger partial charge is 0.262 e. The van der Waals surface area contributed by atoms with Crippen LogP contribution in [0.1, 0.15) is 39.2 Å². The Balaban J connectivity index is 1.83. The Hall–Kier alpha value is -2.86. The summed E-state index contributed by atoms with van der Waals surface area (Å²) >= 11 is 1.64. The number of carbonyl (C=O) groups is 1. The van der Waals surface area contributed by atoms with Gasteiger partial charge in [0.05, 0.1) is 17.1 Å². The third-order valence-electron chi connectivity index (χ3n) is 5.03. The van der Waals surface area contributed by atoms with Gasteiger partial charge in [0.25, 0.3) is 5.91 Å². The van der Waals surface area contributed by atoms with Crippen molar-refractivity contribution < 1.29 is 9.53 Å². The Morgan fingerprint density at radius 1 is 1.17 bits per heavy atom. The van der Waals surface area contributed by atoms with Crippen LogP contribution in [0.4, 0.5) is 11.4 Å². The molecule has 2 heterocycles. The number of nitrogens with one attached hydrogen (secondary N) is 1. The first-order valence-corrected chi connectivity index (χ1v) is 11.2. The molecule has 0 radical (unpaired) electrons. The van der Waals surface area contributed by atoms with Gasteiger partial charge in [-0.25, -0.2) is 4.99 Å². The summed E-state index contributed by atoms with van der Waals surface area (Å²) in [6.45, 7) is 9.74. The van der Waals surface area contributed by atoms with Crippen LogP contribution in [-0.4, -0.2) is 17.1 Å². The van der Waals surface area contributed by atoms with Crippen molar-refractivity contribution in [3.8, 4) is 17.0 Å². The maximum atomic E-state index is 11.7. The van der Waals surface area contributed by atoms with E-state index in [-0.39, 0.29) is 12.5 Å². The molecule has 4 rings (SSSR count). The molecular formula is C24H27N3O2S. The summed E-state index contributed by atoms with van der Waals surface area (Å²) in [5.74, 6) is 1.46. The number of hydrogen-bond donors (Lipinski definition) is 1. The van der Waals surface area contributed by atoms with Crippen LogP contribution in [-0.2, 0) is 11.3 Å². The average Bonchev–Trinajstić information content (AvgIpc) is 3.09. The summed E-state index contributed by atoms with van der Waals surface area (Å²) in [6, 6.07) is 14.3. The first-order chi connectivity index (χ1) is 14.4. The number of thiazole rings is 1. The lowest BCUT2D eigenvalue weighted by molar-refractivity contribution is -0.118. The second kappa shape index (κ2) is 8.48. The molecule has 5 nitrogen and oxygen atoms in total. The summed E-state index contributed by atoms with van der Waals surface area (Å²) in [7, 11) is 0. The lowest BCUT2D eigenvalue weighted by Gasteiger charge is -2.19. The van der Waals surface area contributed by atoms with Crippen molar-refractivity contribution in [3.05, 3.63) is 58.2 Å². The zero-order valence-corrected chi connectivity index (χ0v) is 18.6. The Kier molecular flexibility index (Phi) is 5.77. The highest BCUT2D eigenvalue weighted by Gasteiger charge is 2.18. The van der Waals surface area contributed by atoms with E-state index >= 15 is 0 Å². The summed E-state index contributed by atoms with van der Waals surface area (Å²) in [5.41, 5.74) is 5.11. The van der Waals surface area contributed by atoms with E-state index in [9.17, 15) is 4.79 Å². The minimum Gasteiger partial charge on any atom is -0.482 e. The lowest BCUT2D eigenvalue weighted by atomic mass is 10.0. The van der Waals surface area contributed by atoms with Crippen LogP contribution in [0.2, 0.25) is 0 Å². The van der Waals surface area contributed by atoms with Gasteiger partial charge < -0.3 is 14.6 Å². The van der Waals surface area contributed by atoms with Gasteiger partial charge >= 0.3 is 0 Å². The number of rotatable bonds is 5. The van der Waals surface area contributed by atoms with Gasteiger partial charge in [0, 0.05) is 17.5 Å². The fourth-order valence-electron chi connectivity index (χ4n) is 3.61. The molecule has 1 amide bonds. The monoisotopic (exact) mass is 421 g/mol. The van der Waals surface area contributed by atoms with Gasteiger partial charge in [-0.3, -0.25) is 4.79 Å². The highest BCUT2D eigenvalue weighted by Crippen LogP contribution is 2.33. The summed E-state index contributed by atoms with van der Waals surface area (Å²) in [4.78, 5) is 17.8. The van der Waals surface area contributed by atoms with Crippen molar-refractivity contribution in [2.75, 3.05) is 11.9 Å². The number of anilines is 1. The van der Waals surface area contributed by atoms with Crippen molar-refractivity contribution >= 4 is 28.6 Å². The standard InChI is InChI=1S/C24H27N3O2S/c1-15(2)12-27-21(17-9-10-22-20(11-17)25-23(28)13-29-22)14-30-24(27)26-19-8-6-5-7-18(19)16(3)4/h5-11,14-16H,12-13H2,1-4H3,(H,25,28). The molecule has 0 aliphatic carbocycles. The third-order valence-corrected chi connectivity index (χ3v) is 5.89. The molecule has 0 saturated heterocycles. The van der Waals surface area contributed by atoms with Gasteiger partial charge in [0.2, 0.25) is 0 Å². The molecular weight excluding hydrogens is 394 g/mol. The number of carbonyl (C=O) groups excluding carboxylic acids is 1.